The normalized spacial score (nSPS) is 10.1. The number of hydrogen-bond acceptors (Lipinski definition) is 2. The Kier molecular flexibility index (Phi) is 5.78. The van der Waals surface area contributed by atoms with Crippen molar-refractivity contribution in [1.82, 2.24) is 10.6 Å². The summed E-state index contributed by atoms with van der Waals surface area (Å²) in [4.78, 5) is 22.8. The zero-order valence-corrected chi connectivity index (χ0v) is 11.0. The number of hydrogen-bond donors (Lipinski definition) is 3. The molecule has 1 aromatic carbocycles. The molecule has 0 bridgehead atoms. The first kappa shape index (κ1) is 14.9. The summed E-state index contributed by atoms with van der Waals surface area (Å²) in [6.07, 6.45) is 0. The van der Waals surface area contributed by atoms with Crippen molar-refractivity contribution in [1.29, 1.82) is 0 Å². The van der Waals surface area contributed by atoms with Crippen molar-refractivity contribution in [2.24, 2.45) is 5.92 Å². The Balaban J connectivity index is 2.28. The quantitative estimate of drug-likeness (QED) is 0.760. The topological polar surface area (TPSA) is 70.2 Å². The number of carbonyl (C=O) groups is 2. The predicted molar refractivity (Wildman–Crippen MR) is 71.3 cm³/mol. The van der Waals surface area contributed by atoms with Crippen LogP contribution in [0.4, 0.5) is 14.9 Å². The number of urea groups is 1. The molecule has 0 saturated carbocycles. The van der Waals surface area contributed by atoms with Crippen molar-refractivity contribution in [3.8, 4) is 0 Å². The molecule has 0 aliphatic carbocycles. The van der Waals surface area contributed by atoms with Gasteiger partial charge in [0.05, 0.1) is 6.54 Å². The SMILES string of the molecule is CC(C)CNC(=O)NCC(=O)Nc1ccc(F)cc1. The second-order valence-corrected chi connectivity index (χ2v) is 4.51. The van der Waals surface area contributed by atoms with Gasteiger partial charge in [0.15, 0.2) is 0 Å². The molecule has 0 radical (unpaired) electrons. The van der Waals surface area contributed by atoms with Crippen LogP contribution in [0.2, 0.25) is 0 Å². The van der Waals surface area contributed by atoms with Gasteiger partial charge in [-0.05, 0) is 30.2 Å². The lowest BCUT2D eigenvalue weighted by molar-refractivity contribution is -0.115. The first-order valence-electron chi connectivity index (χ1n) is 6.04. The molecule has 3 amide bonds. The van der Waals surface area contributed by atoms with E-state index < -0.39 is 0 Å². The molecule has 0 spiro atoms. The molecule has 6 heteroatoms. The van der Waals surface area contributed by atoms with Gasteiger partial charge in [0.25, 0.3) is 0 Å². The molecule has 0 fully saturated rings. The van der Waals surface area contributed by atoms with Crippen molar-refractivity contribution in [2.45, 2.75) is 13.8 Å². The minimum atomic E-state index is -0.386. The fraction of sp³-hybridized carbons (Fsp3) is 0.385. The van der Waals surface area contributed by atoms with E-state index in [0.29, 0.717) is 18.2 Å². The molecule has 1 rings (SSSR count). The van der Waals surface area contributed by atoms with Crippen LogP contribution >= 0.6 is 0 Å². The van der Waals surface area contributed by atoms with Crippen molar-refractivity contribution < 1.29 is 14.0 Å². The second kappa shape index (κ2) is 7.35. The Morgan fingerprint density at radius 3 is 2.37 bits per heavy atom. The fourth-order valence-corrected chi connectivity index (χ4v) is 1.26. The molecule has 0 heterocycles. The number of nitrogens with one attached hydrogen (secondary N) is 3. The largest absolute Gasteiger partial charge is 0.338 e. The van der Waals surface area contributed by atoms with E-state index in [0.717, 1.165) is 0 Å². The van der Waals surface area contributed by atoms with Crippen LogP contribution in [-0.4, -0.2) is 25.0 Å². The van der Waals surface area contributed by atoms with Crippen LogP contribution < -0.4 is 16.0 Å². The minimum Gasteiger partial charge on any atom is -0.338 e. The highest BCUT2D eigenvalue weighted by atomic mass is 19.1. The average molecular weight is 267 g/mol. The molecule has 0 atom stereocenters. The molecule has 5 nitrogen and oxygen atoms in total. The number of rotatable bonds is 5. The van der Waals surface area contributed by atoms with Crippen LogP contribution in [0.15, 0.2) is 24.3 Å². The van der Waals surface area contributed by atoms with Gasteiger partial charge in [0, 0.05) is 12.2 Å². The predicted octanol–water partition coefficient (Wildman–Crippen LogP) is 1.72. The van der Waals surface area contributed by atoms with Gasteiger partial charge in [-0.3, -0.25) is 4.79 Å². The van der Waals surface area contributed by atoms with Crippen molar-refractivity contribution in [2.75, 3.05) is 18.4 Å². The number of amides is 3. The van der Waals surface area contributed by atoms with Gasteiger partial charge < -0.3 is 16.0 Å². The van der Waals surface area contributed by atoms with Gasteiger partial charge in [-0.1, -0.05) is 13.8 Å². The molecular weight excluding hydrogens is 249 g/mol. The zero-order chi connectivity index (χ0) is 14.3. The highest BCUT2D eigenvalue weighted by Gasteiger charge is 2.06. The molecule has 1 aromatic rings. The Hall–Kier alpha value is -2.11. The summed E-state index contributed by atoms with van der Waals surface area (Å²) in [5.41, 5.74) is 0.482. The monoisotopic (exact) mass is 267 g/mol. The molecule has 0 saturated heterocycles. The van der Waals surface area contributed by atoms with Crippen molar-refractivity contribution >= 4 is 17.6 Å². The summed E-state index contributed by atoms with van der Waals surface area (Å²) in [5, 5.41) is 7.60. The average Bonchev–Trinajstić information content (AvgIpc) is 2.36. The highest BCUT2D eigenvalue weighted by molar-refractivity contribution is 5.94. The summed E-state index contributed by atoms with van der Waals surface area (Å²) in [5.74, 6) is -0.394. The van der Waals surface area contributed by atoms with E-state index in [2.05, 4.69) is 16.0 Å². The fourth-order valence-electron chi connectivity index (χ4n) is 1.26. The maximum absolute atomic E-state index is 12.6. The maximum atomic E-state index is 12.6. The highest BCUT2D eigenvalue weighted by Crippen LogP contribution is 2.07. The van der Waals surface area contributed by atoms with Crippen LogP contribution in [0.3, 0.4) is 0 Å². The summed E-state index contributed by atoms with van der Waals surface area (Å²) < 4.78 is 12.6. The van der Waals surface area contributed by atoms with Gasteiger partial charge in [0.1, 0.15) is 5.82 Å². The summed E-state index contributed by atoms with van der Waals surface area (Å²) in [7, 11) is 0. The van der Waals surface area contributed by atoms with Crippen LogP contribution in [0, 0.1) is 11.7 Å². The van der Waals surface area contributed by atoms with E-state index >= 15 is 0 Å². The lowest BCUT2D eigenvalue weighted by Crippen LogP contribution is -2.41. The molecular formula is C13H18FN3O2. The van der Waals surface area contributed by atoms with Gasteiger partial charge in [-0.25, -0.2) is 9.18 Å². The lowest BCUT2D eigenvalue weighted by atomic mass is 10.2. The second-order valence-electron chi connectivity index (χ2n) is 4.51. The van der Waals surface area contributed by atoms with Crippen LogP contribution in [0.25, 0.3) is 0 Å². The van der Waals surface area contributed by atoms with E-state index in [4.69, 9.17) is 0 Å². The van der Waals surface area contributed by atoms with Gasteiger partial charge in [0.2, 0.25) is 5.91 Å². The number of anilines is 1. The van der Waals surface area contributed by atoms with Crippen molar-refractivity contribution in [3.63, 3.8) is 0 Å². The summed E-state index contributed by atoms with van der Waals surface area (Å²) >= 11 is 0. The van der Waals surface area contributed by atoms with E-state index in [1.165, 1.54) is 24.3 Å². The van der Waals surface area contributed by atoms with E-state index in [1.807, 2.05) is 13.8 Å². The molecule has 19 heavy (non-hydrogen) atoms. The van der Waals surface area contributed by atoms with E-state index in [9.17, 15) is 14.0 Å². The third-order valence-electron chi connectivity index (χ3n) is 2.21. The third kappa shape index (κ3) is 6.40. The smallest absolute Gasteiger partial charge is 0.315 e. The van der Waals surface area contributed by atoms with Gasteiger partial charge >= 0.3 is 6.03 Å². The Morgan fingerprint density at radius 1 is 1.16 bits per heavy atom. The Labute approximate surface area is 111 Å². The molecule has 0 aliphatic heterocycles. The number of halogens is 1. The Morgan fingerprint density at radius 2 is 1.79 bits per heavy atom. The van der Waals surface area contributed by atoms with Crippen LogP contribution in [0.1, 0.15) is 13.8 Å². The number of carbonyl (C=O) groups excluding carboxylic acids is 2. The first-order valence-corrected chi connectivity index (χ1v) is 6.04. The maximum Gasteiger partial charge on any atom is 0.315 e. The summed E-state index contributed by atoms with van der Waals surface area (Å²) in [6, 6.07) is 5.01. The van der Waals surface area contributed by atoms with E-state index in [1.54, 1.807) is 0 Å². The molecule has 104 valence electrons. The molecule has 0 aliphatic rings. The molecule has 0 unspecified atom stereocenters. The van der Waals surface area contributed by atoms with Gasteiger partial charge in [-0.15, -0.1) is 0 Å². The van der Waals surface area contributed by atoms with Crippen LogP contribution in [0.5, 0.6) is 0 Å². The van der Waals surface area contributed by atoms with Gasteiger partial charge in [-0.2, -0.15) is 0 Å². The zero-order valence-electron chi connectivity index (χ0n) is 11.0. The third-order valence-corrected chi connectivity index (χ3v) is 2.21. The first-order chi connectivity index (χ1) is 8.97. The lowest BCUT2D eigenvalue weighted by Gasteiger charge is -2.09. The standard InChI is InChI=1S/C13H18FN3O2/c1-9(2)7-15-13(19)16-8-12(18)17-11-5-3-10(14)4-6-11/h3-6,9H,7-8H2,1-2H3,(H,17,18)(H2,15,16,19). The van der Waals surface area contributed by atoms with Crippen LogP contribution in [-0.2, 0) is 4.79 Å². The molecule has 3 N–H and O–H groups in total. The Bertz CT molecular complexity index is 432. The van der Waals surface area contributed by atoms with Crippen molar-refractivity contribution in [3.05, 3.63) is 30.1 Å². The molecule has 0 aromatic heterocycles. The minimum absolute atomic E-state index is 0.138. The summed E-state index contributed by atoms with van der Waals surface area (Å²) in [6.45, 7) is 4.36. The number of benzene rings is 1. The van der Waals surface area contributed by atoms with E-state index in [-0.39, 0.29) is 24.3 Å².